The Balaban J connectivity index is 2.06. The van der Waals surface area contributed by atoms with Crippen LogP contribution in [0.5, 0.6) is 0 Å². The van der Waals surface area contributed by atoms with E-state index in [4.69, 9.17) is 22.8 Å². The average Bonchev–Trinajstić information content (AvgIpc) is 2.58. The van der Waals surface area contributed by atoms with E-state index in [-0.39, 0.29) is 18.2 Å². The second kappa shape index (κ2) is 9.34. The molecule has 0 radical (unpaired) electrons. The van der Waals surface area contributed by atoms with Gasteiger partial charge >= 0.3 is 6.09 Å². The Kier molecular flexibility index (Phi) is 7.41. The Morgan fingerprint density at radius 3 is 2.67 bits per heavy atom. The van der Waals surface area contributed by atoms with Crippen LogP contribution in [0.3, 0.4) is 0 Å². The predicted octanol–water partition coefficient (Wildman–Crippen LogP) is 2.51. The number of nitrogens with one attached hydrogen (secondary N) is 2. The van der Waals surface area contributed by atoms with Crippen molar-refractivity contribution < 1.29 is 9.53 Å². The van der Waals surface area contributed by atoms with Crippen molar-refractivity contribution in [1.82, 2.24) is 15.2 Å². The molecule has 0 aliphatic carbocycles. The Labute approximate surface area is 167 Å². The van der Waals surface area contributed by atoms with Crippen LogP contribution in [0.1, 0.15) is 37.5 Å². The van der Waals surface area contributed by atoms with Crippen LogP contribution < -0.4 is 16.6 Å². The molecule has 1 aliphatic rings. The van der Waals surface area contributed by atoms with Crippen LogP contribution >= 0.6 is 12.2 Å². The number of hydrogen-bond donors (Lipinski definition) is 3. The first-order valence-corrected chi connectivity index (χ1v) is 9.69. The first-order chi connectivity index (χ1) is 12.7. The van der Waals surface area contributed by atoms with Gasteiger partial charge in [-0.3, -0.25) is 4.90 Å². The largest absolute Gasteiger partial charge is 0.447 e. The molecule has 8 heteroatoms. The number of anilines is 1. The van der Waals surface area contributed by atoms with Crippen molar-refractivity contribution in [3.05, 3.63) is 28.8 Å². The number of ether oxygens (including phenoxy) is 1. The van der Waals surface area contributed by atoms with Crippen molar-refractivity contribution in [1.29, 1.82) is 0 Å². The van der Waals surface area contributed by atoms with E-state index in [0.717, 1.165) is 36.4 Å². The van der Waals surface area contributed by atoms with Gasteiger partial charge in [0, 0.05) is 37.9 Å². The van der Waals surface area contributed by atoms with E-state index in [0.29, 0.717) is 11.7 Å². The van der Waals surface area contributed by atoms with Crippen LogP contribution in [0, 0.1) is 13.8 Å². The molecular weight excluding hydrogens is 362 g/mol. The van der Waals surface area contributed by atoms with Gasteiger partial charge < -0.3 is 20.4 Å². The van der Waals surface area contributed by atoms with E-state index in [1.54, 1.807) is 0 Å². The number of amides is 1. The molecule has 150 valence electrons. The summed E-state index contributed by atoms with van der Waals surface area (Å²) >= 11 is 5.12. The van der Waals surface area contributed by atoms with Crippen LogP contribution in [0.15, 0.2) is 12.1 Å². The number of benzene rings is 1. The number of carbonyl (C=O) groups is 1. The summed E-state index contributed by atoms with van der Waals surface area (Å²) in [7, 11) is 0. The third kappa shape index (κ3) is 5.79. The highest BCUT2D eigenvalue weighted by molar-refractivity contribution is 7.80. The first-order valence-electron chi connectivity index (χ1n) is 9.28. The summed E-state index contributed by atoms with van der Waals surface area (Å²) in [5.74, 6) is 5.37. The summed E-state index contributed by atoms with van der Waals surface area (Å²) < 4.78 is 5.34. The molecule has 1 atom stereocenters. The number of hydrazine groups is 1. The van der Waals surface area contributed by atoms with Gasteiger partial charge in [0.15, 0.2) is 5.11 Å². The van der Waals surface area contributed by atoms with E-state index >= 15 is 0 Å². The van der Waals surface area contributed by atoms with Crippen LogP contribution in [0.25, 0.3) is 0 Å². The molecule has 1 aromatic carbocycles. The van der Waals surface area contributed by atoms with Crippen LogP contribution in [-0.4, -0.2) is 52.8 Å². The molecule has 1 fully saturated rings. The number of nitrogens with two attached hydrogens (primary N) is 1. The molecule has 1 aromatic rings. The zero-order valence-electron chi connectivity index (χ0n) is 16.8. The minimum absolute atomic E-state index is 0.0994. The minimum Gasteiger partial charge on any atom is -0.447 e. The van der Waals surface area contributed by atoms with Crippen LogP contribution in [0.4, 0.5) is 10.5 Å². The standard InChI is InChI=1S/C19H31N5O2S/c1-12(2)26-19(25)24-7-6-23(10-14(24)4)11-16-8-13(3)9-17(15(16)5)21-18(27)22-20/h8-9,12,14H,6-7,10-11,20H2,1-5H3,(H2,21,22,27)/t14-/m0/s1. The molecule has 1 saturated heterocycles. The Hall–Kier alpha value is -1.90. The number of hydrogen-bond acceptors (Lipinski definition) is 5. The summed E-state index contributed by atoms with van der Waals surface area (Å²) in [6.07, 6.45) is -0.323. The number of nitrogens with zero attached hydrogens (tertiary/aromatic N) is 2. The van der Waals surface area contributed by atoms with Crippen molar-refractivity contribution in [3.8, 4) is 0 Å². The van der Waals surface area contributed by atoms with E-state index in [2.05, 4.69) is 48.5 Å². The smallest absolute Gasteiger partial charge is 0.410 e. The fraction of sp³-hybridized carbons (Fsp3) is 0.579. The summed E-state index contributed by atoms with van der Waals surface area (Å²) in [5.41, 5.74) is 6.96. The topological polar surface area (TPSA) is 82.9 Å². The number of rotatable bonds is 4. The van der Waals surface area contributed by atoms with Gasteiger partial charge in [-0.1, -0.05) is 6.07 Å². The fourth-order valence-corrected chi connectivity index (χ4v) is 3.45. The molecule has 4 N–H and O–H groups in total. The zero-order chi connectivity index (χ0) is 20.1. The maximum atomic E-state index is 12.2. The second-order valence-corrected chi connectivity index (χ2v) is 7.81. The maximum Gasteiger partial charge on any atom is 0.410 e. The van der Waals surface area contributed by atoms with Gasteiger partial charge in [-0.15, -0.1) is 0 Å². The highest BCUT2D eigenvalue weighted by Gasteiger charge is 2.29. The van der Waals surface area contributed by atoms with Gasteiger partial charge in [0.25, 0.3) is 0 Å². The lowest BCUT2D eigenvalue weighted by Gasteiger charge is -2.39. The van der Waals surface area contributed by atoms with Gasteiger partial charge in [0.1, 0.15) is 0 Å². The minimum atomic E-state index is -0.224. The Morgan fingerprint density at radius 2 is 2.07 bits per heavy atom. The number of thiocarbonyl (C=S) groups is 1. The van der Waals surface area contributed by atoms with Gasteiger partial charge in [0.2, 0.25) is 0 Å². The quantitative estimate of drug-likeness (QED) is 0.412. The molecular formula is C19H31N5O2S. The van der Waals surface area contributed by atoms with E-state index in [1.165, 1.54) is 5.56 Å². The van der Waals surface area contributed by atoms with Gasteiger partial charge in [-0.2, -0.15) is 0 Å². The monoisotopic (exact) mass is 393 g/mol. The first kappa shape index (κ1) is 21.4. The molecule has 2 rings (SSSR count). The maximum absolute atomic E-state index is 12.2. The molecule has 0 aromatic heterocycles. The lowest BCUT2D eigenvalue weighted by atomic mass is 10.0. The SMILES string of the molecule is Cc1cc(CN2CCN(C(=O)OC(C)C)[C@@H](C)C2)c(C)c(NC(=S)NN)c1. The zero-order valence-corrected chi connectivity index (χ0v) is 17.7. The van der Waals surface area contributed by atoms with Gasteiger partial charge in [0.05, 0.1) is 6.10 Å². The van der Waals surface area contributed by atoms with Gasteiger partial charge in [-0.05, 0) is 69.6 Å². The van der Waals surface area contributed by atoms with Crippen molar-refractivity contribution in [3.63, 3.8) is 0 Å². The number of piperazine rings is 1. The third-order valence-electron chi connectivity index (χ3n) is 4.72. The van der Waals surface area contributed by atoms with Crippen molar-refractivity contribution in [2.45, 2.75) is 53.3 Å². The van der Waals surface area contributed by atoms with Crippen molar-refractivity contribution >= 4 is 29.1 Å². The summed E-state index contributed by atoms with van der Waals surface area (Å²) in [6.45, 7) is 13.1. The normalized spacial score (nSPS) is 17.7. The molecule has 0 spiro atoms. The van der Waals surface area contributed by atoms with Gasteiger partial charge in [-0.25, -0.2) is 10.6 Å². The summed E-state index contributed by atoms with van der Waals surface area (Å²) in [6, 6.07) is 4.37. The lowest BCUT2D eigenvalue weighted by Crippen LogP contribution is -2.54. The predicted molar refractivity (Wildman–Crippen MR) is 113 cm³/mol. The molecule has 1 aliphatic heterocycles. The summed E-state index contributed by atoms with van der Waals surface area (Å²) in [5, 5.41) is 3.52. The highest BCUT2D eigenvalue weighted by atomic mass is 32.1. The Morgan fingerprint density at radius 1 is 1.37 bits per heavy atom. The molecule has 27 heavy (non-hydrogen) atoms. The number of carbonyl (C=O) groups excluding carboxylic acids is 1. The molecule has 7 nitrogen and oxygen atoms in total. The molecule has 0 unspecified atom stereocenters. The third-order valence-corrected chi connectivity index (χ3v) is 4.94. The fourth-order valence-electron chi connectivity index (χ4n) is 3.34. The van der Waals surface area contributed by atoms with Crippen molar-refractivity contribution in [2.24, 2.45) is 5.84 Å². The molecule has 1 amide bonds. The molecule has 0 bridgehead atoms. The number of aryl methyl sites for hydroxylation is 1. The summed E-state index contributed by atoms with van der Waals surface area (Å²) in [4.78, 5) is 16.4. The molecule has 0 saturated carbocycles. The van der Waals surface area contributed by atoms with Crippen LogP contribution in [0.2, 0.25) is 0 Å². The lowest BCUT2D eigenvalue weighted by molar-refractivity contribution is 0.0349. The molecule has 1 heterocycles. The van der Waals surface area contributed by atoms with E-state index in [1.807, 2.05) is 18.7 Å². The highest BCUT2D eigenvalue weighted by Crippen LogP contribution is 2.24. The van der Waals surface area contributed by atoms with Crippen molar-refractivity contribution in [2.75, 3.05) is 25.0 Å². The second-order valence-electron chi connectivity index (χ2n) is 7.41. The Bertz CT molecular complexity index is 695. The van der Waals surface area contributed by atoms with Crippen LogP contribution in [-0.2, 0) is 11.3 Å². The average molecular weight is 394 g/mol. The van der Waals surface area contributed by atoms with E-state index in [9.17, 15) is 4.79 Å². The van der Waals surface area contributed by atoms with E-state index < -0.39 is 0 Å².